The van der Waals surface area contributed by atoms with Crippen molar-refractivity contribution in [3.63, 3.8) is 0 Å². The van der Waals surface area contributed by atoms with E-state index >= 15 is 0 Å². The summed E-state index contributed by atoms with van der Waals surface area (Å²) in [5.41, 5.74) is 1.35. The third kappa shape index (κ3) is 4.77. The van der Waals surface area contributed by atoms with Crippen LogP contribution < -0.4 is 5.32 Å². The number of hydrogen-bond donors (Lipinski definition) is 2. The highest BCUT2D eigenvalue weighted by atomic mass is 32.1. The van der Waals surface area contributed by atoms with E-state index in [4.69, 9.17) is 5.11 Å². The molecular weight excluding hydrogens is 222 g/mol. The van der Waals surface area contributed by atoms with Crippen LogP contribution in [0.5, 0.6) is 0 Å². The lowest BCUT2D eigenvalue weighted by atomic mass is 10.2. The molecule has 0 saturated carbocycles. The zero-order chi connectivity index (χ0) is 12.0. The quantitative estimate of drug-likeness (QED) is 0.722. The van der Waals surface area contributed by atoms with Crippen LogP contribution in [0.15, 0.2) is 6.07 Å². The van der Waals surface area contributed by atoms with Crippen LogP contribution in [0.25, 0.3) is 0 Å². The third-order valence-corrected chi connectivity index (χ3v) is 3.66. The van der Waals surface area contributed by atoms with E-state index in [2.05, 4.69) is 25.2 Å². The minimum Gasteiger partial charge on any atom is -0.481 e. The summed E-state index contributed by atoms with van der Waals surface area (Å²) < 4.78 is 0. The lowest BCUT2D eigenvalue weighted by molar-refractivity contribution is -0.137. The van der Waals surface area contributed by atoms with Crippen molar-refractivity contribution in [1.29, 1.82) is 0 Å². The summed E-state index contributed by atoms with van der Waals surface area (Å²) in [5.74, 6) is -0.704. The first-order valence-electron chi connectivity index (χ1n) is 5.58. The number of aryl methyl sites for hydroxylation is 2. The lowest BCUT2D eigenvalue weighted by Gasteiger charge is -2.01. The topological polar surface area (TPSA) is 49.3 Å². The summed E-state index contributed by atoms with van der Waals surface area (Å²) in [5, 5.41) is 11.8. The molecule has 2 N–H and O–H groups in total. The first-order valence-corrected chi connectivity index (χ1v) is 6.39. The number of hydrogen-bond acceptors (Lipinski definition) is 3. The molecule has 0 radical (unpaired) electrons. The van der Waals surface area contributed by atoms with Crippen molar-refractivity contribution >= 4 is 17.3 Å². The van der Waals surface area contributed by atoms with Crippen molar-refractivity contribution in [2.75, 3.05) is 6.54 Å². The van der Waals surface area contributed by atoms with E-state index in [9.17, 15) is 4.79 Å². The molecule has 1 rings (SSSR count). The minimum absolute atomic E-state index is 0.277. The van der Waals surface area contributed by atoms with E-state index in [-0.39, 0.29) is 6.42 Å². The van der Waals surface area contributed by atoms with Crippen molar-refractivity contribution in [3.05, 3.63) is 21.4 Å². The highest BCUT2D eigenvalue weighted by Crippen LogP contribution is 2.20. The first kappa shape index (κ1) is 13.2. The molecule has 0 atom stereocenters. The number of carbonyl (C=O) groups is 1. The van der Waals surface area contributed by atoms with Crippen LogP contribution in [-0.4, -0.2) is 17.6 Å². The maximum absolute atomic E-state index is 10.3. The SMILES string of the molecule is Cc1cc(CNCCCCC(=O)O)sc1C. The molecule has 16 heavy (non-hydrogen) atoms. The number of nitrogens with one attached hydrogen (secondary N) is 1. The Bertz CT molecular complexity index is 327. The van der Waals surface area contributed by atoms with E-state index in [1.807, 2.05) is 11.3 Å². The molecule has 4 heteroatoms. The monoisotopic (exact) mass is 241 g/mol. The van der Waals surface area contributed by atoms with Gasteiger partial charge in [0.1, 0.15) is 0 Å². The van der Waals surface area contributed by atoms with Gasteiger partial charge in [-0.15, -0.1) is 11.3 Å². The molecule has 1 aromatic heterocycles. The second-order valence-electron chi connectivity index (χ2n) is 3.98. The largest absolute Gasteiger partial charge is 0.481 e. The Morgan fingerprint density at radius 2 is 2.19 bits per heavy atom. The van der Waals surface area contributed by atoms with Crippen LogP contribution in [0.3, 0.4) is 0 Å². The normalized spacial score (nSPS) is 10.6. The van der Waals surface area contributed by atoms with Crippen LogP contribution in [0.1, 0.15) is 34.6 Å². The Morgan fingerprint density at radius 1 is 1.44 bits per heavy atom. The van der Waals surface area contributed by atoms with Crippen molar-refractivity contribution in [3.8, 4) is 0 Å². The molecule has 0 aromatic carbocycles. The number of aliphatic carboxylic acids is 1. The zero-order valence-corrected chi connectivity index (χ0v) is 10.7. The Labute approximate surface area is 100 Å². The summed E-state index contributed by atoms with van der Waals surface area (Å²) in [6.45, 7) is 6.05. The van der Waals surface area contributed by atoms with Gasteiger partial charge in [0.05, 0.1) is 0 Å². The Hall–Kier alpha value is -0.870. The summed E-state index contributed by atoms with van der Waals surface area (Å²) in [4.78, 5) is 13.0. The fraction of sp³-hybridized carbons (Fsp3) is 0.583. The molecule has 0 unspecified atom stereocenters. The standard InChI is InChI=1S/C12H19NO2S/c1-9-7-11(16-10(9)2)8-13-6-4-3-5-12(14)15/h7,13H,3-6,8H2,1-2H3,(H,14,15). The molecule has 0 aliphatic rings. The predicted molar refractivity (Wildman–Crippen MR) is 67.0 cm³/mol. The van der Waals surface area contributed by atoms with E-state index < -0.39 is 5.97 Å². The summed E-state index contributed by atoms with van der Waals surface area (Å²) >= 11 is 1.83. The van der Waals surface area contributed by atoms with Gasteiger partial charge in [0.25, 0.3) is 0 Å². The van der Waals surface area contributed by atoms with Crippen LogP contribution in [0.4, 0.5) is 0 Å². The van der Waals surface area contributed by atoms with Gasteiger partial charge < -0.3 is 10.4 Å². The van der Waals surface area contributed by atoms with Gasteiger partial charge in [-0.05, 0) is 44.9 Å². The van der Waals surface area contributed by atoms with E-state index in [1.54, 1.807) is 0 Å². The van der Waals surface area contributed by atoms with Gasteiger partial charge in [-0.2, -0.15) is 0 Å². The second kappa shape index (κ2) is 6.66. The second-order valence-corrected chi connectivity index (χ2v) is 5.32. The lowest BCUT2D eigenvalue weighted by Crippen LogP contribution is -2.14. The Kier molecular flexibility index (Phi) is 5.49. The highest BCUT2D eigenvalue weighted by molar-refractivity contribution is 7.12. The van der Waals surface area contributed by atoms with Gasteiger partial charge in [-0.25, -0.2) is 0 Å². The van der Waals surface area contributed by atoms with E-state index in [1.165, 1.54) is 15.3 Å². The third-order valence-electron chi connectivity index (χ3n) is 2.51. The summed E-state index contributed by atoms with van der Waals surface area (Å²) in [7, 11) is 0. The Balaban J connectivity index is 2.09. The number of carboxylic acids is 1. The summed E-state index contributed by atoms with van der Waals surface area (Å²) in [6, 6.07) is 2.21. The smallest absolute Gasteiger partial charge is 0.303 e. The average Bonchev–Trinajstić information content (AvgIpc) is 2.52. The van der Waals surface area contributed by atoms with Crippen LogP contribution in [0.2, 0.25) is 0 Å². The molecule has 1 aromatic rings. The molecule has 0 amide bonds. The number of rotatable bonds is 7. The maximum atomic E-state index is 10.3. The zero-order valence-electron chi connectivity index (χ0n) is 9.88. The van der Waals surface area contributed by atoms with Crippen molar-refractivity contribution in [2.24, 2.45) is 0 Å². The molecule has 3 nitrogen and oxygen atoms in total. The van der Waals surface area contributed by atoms with Gasteiger partial charge in [-0.1, -0.05) is 0 Å². The maximum Gasteiger partial charge on any atom is 0.303 e. The fourth-order valence-corrected chi connectivity index (χ4v) is 2.50. The fourth-order valence-electron chi connectivity index (χ4n) is 1.47. The van der Waals surface area contributed by atoms with Gasteiger partial charge in [0, 0.05) is 22.7 Å². The van der Waals surface area contributed by atoms with Crippen molar-refractivity contribution < 1.29 is 9.90 Å². The number of thiophene rings is 1. The molecule has 90 valence electrons. The Morgan fingerprint density at radius 3 is 2.75 bits per heavy atom. The predicted octanol–water partition coefficient (Wildman–Crippen LogP) is 2.71. The summed E-state index contributed by atoms with van der Waals surface area (Å²) in [6.07, 6.45) is 1.96. The first-order chi connectivity index (χ1) is 7.59. The highest BCUT2D eigenvalue weighted by Gasteiger charge is 2.01. The average molecular weight is 241 g/mol. The molecular formula is C12H19NO2S. The van der Waals surface area contributed by atoms with Crippen LogP contribution >= 0.6 is 11.3 Å². The van der Waals surface area contributed by atoms with Crippen molar-refractivity contribution in [1.82, 2.24) is 5.32 Å². The van der Waals surface area contributed by atoms with Crippen LogP contribution in [-0.2, 0) is 11.3 Å². The number of unbranched alkanes of at least 4 members (excludes halogenated alkanes) is 1. The minimum atomic E-state index is -0.704. The molecule has 0 spiro atoms. The van der Waals surface area contributed by atoms with Crippen LogP contribution in [0, 0.1) is 13.8 Å². The van der Waals surface area contributed by atoms with E-state index in [0.717, 1.165) is 25.9 Å². The van der Waals surface area contributed by atoms with Gasteiger partial charge in [0.15, 0.2) is 0 Å². The molecule has 1 heterocycles. The van der Waals surface area contributed by atoms with E-state index in [0.29, 0.717) is 0 Å². The molecule has 0 bridgehead atoms. The molecule has 0 aliphatic heterocycles. The molecule has 0 fully saturated rings. The van der Waals surface area contributed by atoms with Crippen molar-refractivity contribution in [2.45, 2.75) is 39.7 Å². The van der Waals surface area contributed by atoms with Gasteiger partial charge in [-0.3, -0.25) is 4.79 Å². The molecule has 0 aliphatic carbocycles. The van der Waals surface area contributed by atoms with Gasteiger partial charge in [0.2, 0.25) is 0 Å². The number of carboxylic acid groups (broad SMARTS) is 1. The van der Waals surface area contributed by atoms with Gasteiger partial charge >= 0.3 is 5.97 Å². The molecule has 0 saturated heterocycles.